The van der Waals surface area contributed by atoms with Gasteiger partial charge in [0.2, 0.25) is 0 Å². The first-order valence-corrected chi connectivity index (χ1v) is 8.50. The number of hydrogen-bond donors (Lipinski definition) is 2. The number of aromatic amines is 1. The Hall–Kier alpha value is -2.28. The van der Waals surface area contributed by atoms with E-state index in [-0.39, 0.29) is 17.1 Å². The zero-order valence-corrected chi connectivity index (χ0v) is 14.6. The molecule has 0 radical (unpaired) electrons. The van der Waals surface area contributed by atoms with Crippen molar-refractivity contribution in [3.05, 3.63) is 46.3 Å². The van der Waals surface area contributed by atoms with Crippen molar-refractivity contribution >= 4 is 28.3 Å². The predicted molar refractivity (Wildman–Crippen MR) is 92.9 cm³/mol. The molecule has 0 bridgehead atoms. The lowest BCUT2D eigenvalue weighted by molar-refractivity contribution is 0.0956. The molecule has 0 saturated heterocycles. The molecule has 0 atom stereocenters. The van der Waals surface area contributed by atoms with Crippen LogP contribution in [0.5, 0.6) is 0 Å². The summed E-state index contributed by atoms with van der Waals surface area (Å²) in [6, 6.07) is 4.65. The molecule has 2 aromatic heterocycles. The molecule has 0 aliphatic carbocycles. The van der Waals surface area contributed by atoms with Gasteiger partial charge in [0.05, 0.1) is 5.69 Å². The van der Waals surface area contributed by atoms with Crippen molar-refractivity contribution in [1.82, 2.24) is 19.9 Å². The number of halogens is 1. The van der Waals surface area contributed by atoms with E-state index in [0.29, 0.717) is 23.5 Å². The van der Waals surface area contributed by atoms with Crippen molar-refractivity contribution in [3.8, 4) is 0 Å². The summed E-state index contributed by atoms with van der Waals surface area (Å²) in [4.78, 5) is 16.0. The third kappa shape index (κ3) is 3.31. The third-order valence-corrected chi connectivity index (χ3v) is 4.54. The molecule has 24 heavy (non-hydrogen) atoms. The average Bonchev–Trinajstić information content (AvgIpc) is 3.13. The standard InChI is InChI=1S/C17H19FN4OS/c1-17(2,3)15-14(24-22-21-15)16(23)19-7-6-10-9-20-13-5-4-11(18)8-12(10)13/h4-5,8-9,20H,6-7H2,1-3H3,(H,19,23). The van der Waals surface area contributed by atoms with Crippen LogP contribution in [-0.4, -0.2) is 27.0 Å². The van der Waals surface area contributed by atoms with Gasteiger partial charge in [-0.2, -0.15) is 0 Å². The molecular weight excluding hydrogens is 327 g/mol. The Bertz CT molecular complexity index is 878. The lowest BCUT2D eigenvalue weighted by Crippen LogP contribution is -2.27. The number of H-pyrrole nitrogens is 1. The van der Waals surface area contributed by atoms with E-state index in [1.165, 1.54) is 12.1 Å². The molecule has 0 saturated carbocycles. The number of nitrogens with one attached hydrogen (secondary N) is 2. The van der Waals surface area contributed by atoms with Crippen molar-refractivity contribution in [2.45, 2.75) is 32.6 Å². The minimum Gasteiger partial charge on any atom is -0.361 e. The monoisotopic (exact) mass is 346 g/mol. The fourth-order valence-electron chi connectivity index (χ4n) is 2.58. The summed E-state index contributed by atoms with van der Waals surface area (Å²) in [5, 5.41) is 7.82. The van der Waals surface area contributed by atoms with Crippen LogP contribution < -0.4 is 5.32 Å². The molecule has 5 nitrogen and oxygen atoms in total. The first-order valence-electron chi connectivity index (χ1n) is 7.73. The number of amides is 1. The lowest BCUT2D eigenvalue weighted by atomic mass is 9.91. The molecule has 2 N–H and O–H groups in total. The Kier molecular flexibility index (Phi) is 4.36. The highest BCUT2D eigenvalue weighted by Gasteiger charge is 2.26. The van der Waals surface area contributed by atoms with Crippen LogP contribution in [0.3, 0.4) is 0 Å². The maximum atomic E-state index is 13.4. The topological polar surface area (TPSA) is 70.7 Å². The van der Waals surface area contributed by atoms with E-state index >= 15 is 0 Å². The predicted octanol–water partition coefficient (Wildman–Crippen LogP) is 3.43. The molecule has 2 heterocycles. The zero-order valence-electron chi connectivity index (χ0n) is 13.8. The maximum absolute atomic E-state index is 13.4. The minimum atomic E-state index is -0.266. The Labute approximate surface area is 143 Å². The van der Waals surface area contributed by atoms with Crippen molar-refractivity contribution in [3.63, 3.8) is 0 Å². The number of benzene rings is 1. The van der Waals surface area contributed by atoms with Crippen molar-refractivity contribution in [2.24, 2.45) is 0 Å². The molecule has 1 amide bonds. The van der Waals surface area contributed by atoms with Crippen LogP contribution >= 0.6 is 11.5 Å². The summed E-state index contributed by atoms with van der Waals surface area (Å²) < 4.78 is 17.3. The number of rotatable bonds is 4. The molecule has 7 heteroatoms. The summed E-state index contributed by atoms with van der Waals surface area (Å²) in [5.41, 5.74) is 2.34. The van der Waals surface area contributed by atoms with Gasteiger partial charge in [0.25, 0.3) is 5.91 Å². The fourth-order valence-corrected chi connectivity index (χ4v) is 3.37. The van der Waals surface area contributed by atoms with Crippen LogP contribution in [0.25, 0.3) is 10.9 Å². The highest BCUT2D eigenvalue weighted by atomic mass is 32.1. The molecule has 3 aromatic rings. The van der Waals surface area contributed by atoms with Gasteiger partial charge < -0.3 is 10.3 Å². The second-order valence-corrected chi connectivity index (χ2v) is 7.46. The van der Waals surface area contributed by atoms with Gasteiger partial charge >= 0.3 is 0 Å². The number of carbonyl (C=O) groups is 1. The number of carbonyl (C=O) groups excluding carboxylic acids is 1. The molecule has 0 aliphatic rings. The van der Waals surface area contributed by atoms with E-state index < -0.39 is 0 Å². The summed E-state index contributed by atoms with van der Waals surface area (Å²) in [5.74, 6) is -0.432. The molecule has 0 fully saturated rings. The molecular formula is C17H19FN4OS. The summed E-state index contributed by atoms with van der Waals surface area (Å²) in [6.45, 7) is 6.47. The van der Waals surface area contributed by atoms with Gasteiger partial charge in [-0.1, -0.05) is 25.3 Å². The maximum Gasteiger partial charge on any atom is 0.264 e. The van der Waals surface area contributed by atoms with Crippen LogP contribution in [-0.2, 0) is 11.8 Å². The highest BCUT2D eigenvalue weighted by molar-refractivity contribution is 7.08. The normalized spacial score (nSPS) is 11.8. The smallest absolute Gasteiger partial charge is 0.264 e. The SMILES string of the molecule is CC(C)(C)c1nnsc1C(=O)NCCc1c[nH]c2ccc(F)cc12. The number of aromatic nitrogens is 3. The van der Waals surface area contributed by atoms with Gasteiger partial charge in [-0.25, -0.2) is 4.39 Å². The lowest BCUT2D eigenvalue weighted by Gasteiger charge is -2.16. The van der Waals surface area contributed by atoms with Gasteiger partial charge in [-0.3, -0.25) is 4.79 Å². The molecule has 0 aliphatic heterocycles. The molecule has 0 unspecified atom stereocenters. The first-order chi connectivity index (χ1) is 11.4. The van der Waals surface area contributed by atoms with E-state index in [0.717, 1.165) is 28.0 Å². The first kappa shape index (κ1) is 16.6. The van der Waals surface area contributed by atoms with Gasteiger partial charge in [-0.15, -0.1) is 5.10 Å². The van der Waals surface area contributed by atoms with Crippen LogP contribution in [0.15, 0.2) is 24.4 Å². The third-order valence-electron chi connectivity index (χ3n) is 3.81. The van der Waals surface area contributed by atoms with Gasteiger partial charge in [-0.05, 0) is 41.7 Å². The second-order valence-electron chi connectivity index (χ2n) is 6.71. The average molecular weight is 346 g/mol. The van der Waals surface area contributed by atoms with Gasteiger partial charge in [0.1, 0.15) is 10.7 Å². The molecule has 1 aromatic carbocycles. The minimum absolute atomic E-state index is 0.166. The van der Waals surface area contributed by atoms with E-state index in [4.69, 9.17) is 0 Å². The van der Waals surface area contributed by atoms with Crippen molar-refractivity contribution < 1.29 is 9.18 Å². The van der Waals surface area contributed by atoms with Gasteiger partial charge in [0, 0.05) is 29.1 Å². The number of nitrogens with zero attached hydrogens (tertiary/aromatic N) is 2. The van der Waals surface area contributed by atoms with Crippen molar-refractivity contribution in [1.29, 1.82) is 0 Å². The number of fused-ring (bicyclic) bond motifs is 1. The highest BCUT2D eigenvalue weighted by Crippen LogP contribution is 2.25. The molecule has 0 spiro atoms. The largest absolute Gasteiger partial charge is 0.361 e. The molecule has 3 rings (SSSR count). The van der Waals surface area contributed by atoms with E-state index in [2.05, 4.69) is 19.9 Å². The van der Waals surface area contributed by atoms with Crippen molar-refractivity contribution in [2.75, 3.05) is 6.54 Å². The van der Waals surface area contributed by atoms with Crippen LogP contribution in [0.4, 0.5) is 4.39 Å². The quantitative estimate of drug-likeness (QED) is 0.760. The van der Waals surface area contributed by atoms with E-state index in [1.807, 2.05) is 27.0 Å². The van der Waals surface area contributed by atoms with E-state index in [9.17, 15) is 9.18 Å². The summed E-state index contributed by atoms with van der Waals surface area (Å²) in [7, 11) is 0. The Morgan fingerprint density at radius 1 is 1.38 bits per heavy atom. The van der Waals surface area contributed by atoms with Crippen LogP contribution in [0.2, 0.25) is 0 Å². The zero-order chi connectivity index (χ0) is 17.3. The summed E-state index contributed by atoms with van der Waals surface area (Å²) in [6.07, 6.45) is 2.47. The Morgan fingerprint density at radius 3 is 2.92 bits per heavy atom. The number of hydrogen-bond acceptors (Lipinski definition) is 4. The second kappa shape index (κ2) is 6.32. The Balaban J connectivity index is 1.67. The van der Waals surface area contributed by atoms with Gasteiger partial charge in [0.15, 0.2) is 0 Å². The van der Waals surface area contributed by atoms with E-state index in [1.54, 1.807) is 6.07 Å². The Morgan fingerprint density at radius 2 is 2.17 bits per heavy atom. The van der Waals surface area contributed by atoms with Crippen LogP contribution in [0, 0.1) is 5.82 Å². The van der Waals surface area contributed by atoms with Crippen LogP contribution in [0.1, 0.15) is 41.7 Å². The molecule has 126 valence electrons. The summed E-state index contributed by atoms with van der Waals surface area (Å²) >= 11 is 1.11. The fraction of sp³-hybridized carbons (Fsp3) is 0.353.